The van der Waals surface area contributed by atoms with Crippen molar-refractivity contribution in [3.63, 3.8) is 0 Å². The Labute approximate surface area is 156 Å². The lowest BCUT2D eigenvalue weighted by Gasteiger charge is -2.07. The molecule has 0 bridgehead atoms. The summed E-state index contributed by atoms with van der Waals surface area (Å²) in [5.41, 5.74) is 2.13. The van der Waals surface area contributed by atoms with Crippen LogP contribution in [0.3, 0.4) is 0 Å². The fourth-order valence-electron chi connectivity index (χ4n) is 2.45. The second-order valence-electron chi connectivity index (χ2n) is 5.94. The van der Waals surface area contributed by atoms with E-state index in [1.807, 2.05) is 24.3 Å². The number of amides is 1. The van der Waals surface area contributed by atoms with Crippen LogP contribution in [0.2, 0.25) is 0 Å². The highest BCUT2D eigenvalue weighted by Gasteiger charge is 2.08. The molecule has 2 aromatic carbocycles. The lowest BCUT2D eigenvalue weighted by atomic mass is 10.1. The lowest BCUT2D eigenvalue weighted by molar-refractivity contribution is 0.0955. The number of aromatic nitrogens is 1. The third-order valence-corrected chi connectivity index (χ3v) is 5.48. The summed E-state index contributed by atoms with van der Waals surface area (Å²) >= 11 is 1.57. The Hall–Kier alpha value is -2.45. The zero-order valence-electron chi connectivity index (χ0n) is 14.2. The quantitative estimate of drug-likeness (QED) is 0.607. The van der Waals surface area contributed by atoms with E-state index in [0.717, 1.165) is 15.3 Å². The molecule has 0 saturated heterocycles. The molecule has 0 spiro atoms. The largest absolute Gasteiger partial charge is 0.360 e. The first-order valence-corrected chi connectivity index (χ1v) is 10.9. The minimum atomic E-state index is -3.08. The Morgan fingerprint density at radius 3 is 2.50 bits per heavy atom. The van der Waals surface area contributed by atoms with E-state index >= 15 is 0 Å². The van der Waals surface area contributed by atoms with E-state index in [1.54, 1.807) is 35.6 Å². The van der Waals surface area contributed by atoms with Crippen LogP contribution in [0.1, 0.15) is 15.9 Å². The molecule has 0 aliphatic carbocycles. The van der Waals surface area contributed by atoms with Gasteiger partial charge in [0.05, 0.1) is 16.0 Å². The topological polar surface area (TPSA) is 88.2 Å². The number of carbonyl (C=O) groups is 1. The summed E-state index contributed by atoms with van der Waals surface area (Å²) in [7, 11) is -3.08. The van der Waals surface area contributed by atoms with Crippen molar-refractivity contribution in [1.82, 2.24) is 10.3 Å². The molecule has 0 saturated carbocycles. The molecule has 0 aliphatic heterocycles. The van der Waals surface area contributed by atoms with Gasteiger partial charge in [0.25, 0.3) is 5.91 Å². The Kier molecular flexibility index (Phi) is 5.53. The SMILES string of the molecule is CS(=O)(=O)Cc1ccc(C(=O)NCCNc2nc3ccccc3s2)cc1. The van der Waals surface area contributed by atoms with Crippen LogP contribution in [0.15, 0.2) is 48.5 Å². The predicted molar refractivity (Wildman–Crippen MR) is 105 cm³/mol. The molecule has 1 aromatic heterocycles. The second kappa shape index (κ2) is 7.84. The van der Waals surface area contributed by atoms with Crippen molar-refractivity contribution in [3.05, 3.63) is 59.7 Å². The molecule has 1 heterocycles. The summed E-state index contributed by atoms with van der Waals surface area (Å²) in [5, 5.41) is 6.85. The molecule has 3 aromatic rings. The fourth-order valence-corrected chi connectivity index (χ4v) is 4.14. The number of fused-ring (bicyclic) bond motifs is 1. The van der Waals surface area contributed by atoms with Crippen LogP contribution in [0.4, 0.5) is 5.13 Å². The predicted octanol–water partition coefficient (Wildman–Crippen LogP) is 2.68. The van der Waals surface area contributed by atoms with E-state index in [-0.39, 0.29) is 11.7 Å². The number of hydrogen-bond donors (Lipinski definition) is 2. The zero-order valence-corrected chi connectivity index (χ0v) is 15.9. The molecule has 136 valence electrons. The highest BCUT2D eigenvalue weighted by molar-refractivity contribution is 7.89. The number of nitrogens with zero attached hydrogens (tertiary/aromatic N) is 1. The molecule has 0 radical (unpaired) electrons. The van der Waals surface area contributed by atoms with Crippen molar-refractivity contribution in [3.8, 4) is 0 Å². The maximum Gasteiger partial charge on any atom is 0.251 e. The standard InChI is InChI=1S/C18H19N3O3S2/c1-26(23,24)12-13-6-8-14(9-7-13)17(22)19-10-11-20-18-21-15-4-2-3-5-16(15)25-18/h2-9H,10-12H2,1H3,(H,19,22)(H,20,21). The zero-order chi connectivity index (χ0) is 18.6. The van der Waals surface area contributed by atoms with E-state index in [1.165, 1.54) is 6.26 Å². The number of rotatable bonds is 7. The van der Waals surface area contributed by atoms with Crippen LogP contribution < -0.4 is 10.6 Å². The van der Waals surface area contributed by atoms with Gasteiger partial charge in [-0.05, 0) is 29.8 Å². The Bertz CT molecular complexity index is 979. The number of anilines is 1. The van der Waals surface area contributed by atoms with Gasteiger partial charge >= 0.3 is 0 Å². The number of carbonyl (C=O) groups excluding carboxylic acids is 1. The minimum absolute atomic E-state index is 0.0268. The molecule has 0 unspecified atom stereocenters. The van der Waals surface area contributed by atoms with Gasteiger partial charge in [-0.2, -0.15) is 0 Å². The summed E-state index contributed by atoms with van der Waals surface area (Å²) in [5.74, 6) is -0.219. The average molecular weight is 390 g/mol. The molecule has 0 aliphatic rings. The van der Waals surface area contributed by atoms with Crippen molar-refractivity contribution in [2.45, 2.75) is 5.75 Å². The van der Waals surface area contributed by atoms with E-state index in [4.69, 9.17) is 0 Å². The van der Waals surface area contributed by atoms with Gasteiger partial charge in [-0.15, -0.1) is 0 Å². The third kappa shape index (κ3) is 5.03. The van der Waals surface area contributed by atoms with Gasteiger partial charge < -0.3 is 10.6 Å². The molecule has 26 heavy (non-hydrogen) atoms. The number of nitrogens with one attached hydrogen (secondary N) is 2. The van der Waals surface area contributed by atoms with Gasteiger partial charge in [-0.3, -0.25) is 4.79 Å². The molecule has 0 atom stereocenters. The fraction of sp³-hybridized carbons (Fsp3) is 0.222. The Morgan fingerprint density at radius 2 is 1.81 bits per heavy atom. The summed E-state index contributed by atoms with van der Waals surface area (Å²) in [6.45, 7) is 1.03. The molecular formula is C18H19N3O3S2. The molecule has 2 N–H and O–H groups in total. The van der Waals surface area contributed by atoms with Gasteiger partial charge in [0.2, 0.25) is 0 Å². The first-order valence-electron chi connectivity index (χ1n) is 8.05. The molecule has 3 rings (SSSR count). The number of sulfone groups is 1. The number of thiazole rings is 1. The third-order valence-electron chi connectivity index (χ3n) is 3.63. The summed E-state index contributed by atoms with van der Waals surface area (Å²) in [6.07, 6.45) is 1.19. The van der Waals surface area contributed by atoms with Crippen molar-refractivity contribution in [2.24, 2.45) is 0 Å². The van der Waals surface area contributed by atoms with Crippen molar-refractivity contribution >= 4 is 42.4 Å². The summed E-state index contributed by atoms with van der Waals surface area (Å²) in [4.78, 5) is 16.6. The molecule has 0 fully saturated rings. The van der Waals surface area contributed by atoms with Gasteiger partial charge in [0, 0.05) is 24.9 Å². The highest BCUT2D eigenvalue weighted by Crippen LogP contribution is 2.24. The van der Waals surface area contributed by atoms with Gasteiger partial charge in [-0.1, -0.05) is 35.6 Å². The number of hydrogen-bond acceptors (Lipinski definition) is 6. The Balaban J connectivity index is 1.47. The monoisotopic (exact) mass is 389 g/mol. The van der Waals surface area contributed by atoms with E-state index < -0.39 is 9.84 Å². The molecule has 6 nitrogen and oxygen atoms in total. The number of benzene rings is 2. The second-order valence-corrected chi connectivity index (χ2v) is 9.11. The normalized spacial score (nSPS) is 11.4. The van der Waals surface area contributed by atoms with Crippen LogP contribution >= 0.6 is 11.3 Å². The van der Waals surface area contributed by atoms with E-state index in [9.17, 15) is 13.2 Å². The van der Waals surface area contributed by atoms with Gasteiger partial charge in [0.1, 0.15) is 0 Å². The van der Waals surface area contributed by atoms with Crippen LogP contribution in [-0.4, -0.2) is 38.7 Å². The number of para-hydroxylation sites is 1. The van der Waals surface area contributed by atoms with Crippen LogP contribution in [0.5, 0.6) is 0 Å². The van der Waals surface area contributed by atoms with Crippen molar-refractivity contribution in [2.75, 3.05) is 24.7 Å². The summed E-state index contributed by atoms with van der Waals surface area (Å²) in [6, 6.07) is 14.5. The van der Waals surface area contributed by atoms with Crippen LogP contribution in [0, 0.1) is 0 Å². The first kappa shape index (κ1) is 18.3. The van der Waals surface area contributed by atoms with Gasteiger partial charge in [0.15, 0.2) is 15.0 Å². The summed E-state index contributed by atoms with van der Waals surface area (Å²) < 4.78 is 23.7. The maximum atomic E-state index is 12.1. The highest BCUT2D eigenvalue weighted by atomic mass is 32.2. The van der Waals surface area contributed by atoms with E-state index in [2.05, 4.69) is 15.6 Å². The first-order chi connectivity index (χ1) is 12.4. The lowest BCUT2D eigenvalue weighted by Crippen LogP contribution is -2.28. The van der Waals surface area contributed by atoms with E-state index in [0.29, 0.717) is 24.2 Å². The van der Waals surface area contributed by atoms with Crippen molar-refractivity contribution < 1.29 is 13.2 Å². The minimum Gasteiger partial charge on any atom is -0.360 e. The molecule has 8 heteroatoms. The van der Waals surface area contributed by atoms with Crippen molar-refractivity contribution in [1.29, 1.82) is 0 Å². The molecular weight excluding hydrogens is 370 g/mol. The maximum absolute atomic E-state index is 12.1. The Morgan fingerprint density at radius 1 is 1.08 bits per heavy atom. The van der Waals surface area contributed by atoms with Crippen LogP contribution in [-0.2, 0) is 15.6 Å². The smallest absolute Gasteiger partial charge is 0.251 e. The molecule has 1 amide bonds. The average Bonchev–Trinajstić information content (AvgIpc) is 3.00. The van der Waals surface area contributed by atoms with Crippen LogP contribution in [0.25, 0.3) is 10.2 Å². The van der Waals surface area contributed by atoms with Gasteiger partial charge in [-0.25, -0.2) is 13.4 Å².